The average molecular weight is 484 g/mol. The Balaban J connectivity index is 1.67. The van der Waals surface area contributed by atoms with Gasteiger partial charge in [-0.15, -0.1) is 0 Å². The smallest absolute Gasteiger partial charge is 0.332 e. The van der Waals surface area contributed by atoms with Gasteiger partial charge in [-0.2, -0.15) is 0 Å². The van der Waals surface area contributed by atoms with E-state index in [9.17, 15) is 19.3 Å². The second-order valence-corrected chi connectivity index (χ2v) is 10.4. The summed E-state index contributed by atoms with van der Waals surface area (Å²) in [6.45, 7) is 4.79. The molecule has 1 unspecified atom stereocenters. The van der Waals surface area contributed by atoms with Crippen molar-refractivity contribution in [2.24, 2.45) is 0 Å². The van der Waals surface area contributed by atoms with Gasteiger partial charge in [-0.1, -0.05) is 0 Å². The zero-order valence-electron chi connectivity index (χ0n) is 18.8. The third-order valence-electron chi connectivity index (χ3n) is 5.17. The fourth-order valence-corrected chi connectivity index (χ4v) is 5.31. The van der Waals surface area contributed by atoms with Crippen molar-refractivity contribution in [3.63, 3.8) is 0 Å². The van der Waals surface area contributed by atoms with Crippen LogP contribution in [-0.4, -0.2) is 67.3 Å². The summed E-state index contributed by atoms with van der Waals surface area (Å²) in [6.07, 6.45) is 2.83. The average Bonchev–Trinajstić information content (AvgIpc) is 3.11. The lowest BCUT2D eigenvalue weighted by molar-refractivity contribution is -0.149. The lowest BCUT2D eigenvalue weighted by Crippen LogP contribution is -2.56. The standard InChI is InChI=1S/C19H29N6O7P/c1-12(2)32-14(26)8-31-33(29,24-19(18(27)28)5-4-6-19)11-30-13(3)7-25-10-23-15-16(20)21-9-22-17(15)25/h9-10,12-13H,4-8,11H2,1-3H3,(H,24,29)(H,27,28)(H2,20,21,22)/t13-,33?/m1/s1. The maximum atomic E-state index is 13.5. The monoisotopic (exact) mass is 484 g/mol. The van der Waals surface area contributed by atoms with Crippen LogP contribution in [0, 0.1) is 0 Å². The highest BCUT2D eigenvalue weighted by Gasteiger charge is 2.49. The number of imidazole rings is 1. The van der Waals surface area contributed by atoms with Crippen molar-refractivity contribution < 1.29 is 33.3 Å². The van der Waals surface area contributed by atoms with Gasteiger partial charge in [0.05, 0.1) is 25.1 Å². The maximum absolute atomic E-state index is 13.5. The molecule has 3 rings (SSSR count). The van der Waals surface area contributed by atoms with Crippen LogP contribution >= 0.6 is 7.52 Å². The molecule has 1 saturated carbocycles. The largest absolute Gasteiger partial charge is 0.480 e. The molecule has 1 fully saturated rings. The molecule has 2 aromatic heterocycles. The molecule has 0 bridgehead atoms. The molecule has 1 aliphatic rings. The van der Waals surface area contributed by atoms with Gasteiger partial charge in [-0.05, 0) is 40.0 Å². The first-order valence-electron chi connectivity index (χ1n) is 10.5. The van der Waals surface area contributed by atoms with E-state index in [-0.39, 0.29) is 11.9 Å². The predicted molar refractivity (Wildman–Crippen MR) is 117 cm³/mol. The molecule has 13 nitrogen and oxygen atoms in total. The van der Waals surface area contributed by atoms with Crippen molar-refractivity contribution >= 4 is 36.4 Å². The van der Waals surface area contributed by atoms with Crippen LogP contribution in [0.25, 0.3) is 11.2 Å². The number of hydrogen-bond donors (Lipinski definition) is 3. The number of aromatic nitrogens is 4. The SMILES string of the molecule is CC(C)OC(=O)COP(=O)(CO[C@H](C)Cn1cnc2c(N)ncnc21)NC1(C(=O)O)CCC1. The quantitative estimate of drug-likeness (QED) is 0.292. The maximum Gasteiger partial charge on any atom is 0.332 e. The number of fused-ring (bicyclic) bond motifs is 1. The van der Waals surface area contributed by atoms with Crippen LogP contribution in [0.1, 0.15) is 40.0 Å². The van der Waals surface area contributed by atoms with Gasteiger partial charge in [0.25, 0.3) is 7.52 Å². The molecule has 4 N–H and O–H groups in total. The fourth-order valence-electron chi connectivity index (χ4n) is 3.37. The van der Waals surface area contributed by atoms with Crippen LogP contribution in [0.5, 0.6) is 0 Å². The second-order valence-electron chi connectivity index (χ2n) is 8.27. The summed E-state index contributed by atoms with van der Waals surface area (Å²) in [5, 5.41) is 12.3. The lowest BCUT2D eigenvalue weighted by atomic mass is 9.78. The Bertz CT molecular complexity index is 1050. The Morgan fingerprint density at radius 2 is 2.03 bits per heavy atom. The van der Waals surface area contributed by atoms with Gasteiger partial charge in [0.1, 0.15) is 23.7 Å². The van der Waals surface area contributed by atoms with Crippen LogP contribution in [0.2, 0.25) is 0 Å². The number of hydrogen-bond acceptors (Lipinski definition) is 10. The Kier molecular flexibility index (Phi) is 7.68. The van der Waals surface area contributed by atoms with Crippen molar-refractivity contribution in [1.82, 2.24) is 24.6 Å². The van der Waals surface area contributed by atoms with E-state index < -0.39 is 44.1 Å². The van der Waals surface area contributed by atoms with Crippen LogP contribution in [0.15, 0.2) is 12.7 Å². The Labute approximate surface area is 190 Å². The zero-order chi connectivity index (χ0) is 24.2. The third-order valence-corrected chi connectivity index (χ3v) is 6.98. The summed E-state index contributed by atoms with van der Waals surface area (Å²) >= 11 is 0. The van der Waals surface area contributed by atoms with Gasteiger partial charge < -0.3 is 29.4 Å². The minimum atomic E-state index is -3.88. The number of rotatable bonds is 12. The number of ether oxygens (including phenoxy) is 2. The molecule has 0 spiro atoms. The number of esters is 1. The van der Waals surface area contributed by atoms with Crippen LogP contribution in [-0.2, 0) is 34.7 Å². The minimum absolute atomic E-state index is 0.252. The number of nitrogens with zero attached hydrogens (tertiary/aromatic N) is 4. The Morgan fingerprint density at radius 1 is 1.30 bits per heavy atom. The summed E-state index contributed by atoms with van der Waals surface area (Å²) in [7, 11) is -3.88. The van der Waals surface area contributed by atoms with Crippen LogP contribution in [0.3, 0.4) is 0 Å². The second kappa shape index (κ2) is 10.1. The predicted octanol–water partition coefficient (Wildman–Crippen LogP) is 1.53. The van der Waals surface area contributed by atoms with E-state index in [1.54, 1.807) is 31.7 Å². The molecule has 14 heteroatoms. The molecule has 0 aromatic carbocycles. The van der Waals surface area contributed by atoms with E-state index in [1.165, 1.54) is 6.33 Å². The molecule has 0 radical (unpaired) electrons. The number of carbonyl (C=O) groups excluding carboxylic acids is 1. The Hall–Kier alpha value is -2.60. The van der Waals surface area contributed by atoms with E-state index in [2.05, 4.69) is 20.0 Å². The van der Waals surface area contributed by atoms with Gasteiger partial charge in [-0.25, -0.2) is 24.8 Å². The number of anilines is 1. The van der Waals surface area contributed by atoms with Crippen LogP contribution in [0.4, 0.5) is 5.82 Å². The van der Waals surface area contributed by atoms with Gasteiger partial charge in [-0.3, -0.25) is 9.36 Å². The fraction of sp³-hybridized carbons (Fsp3) is 0.632. The number of nitrogens with two attached hydrogens (primary N) is 1. The van der Waals surface area contributed by atoms with Crippen molar-refractivity contribution in [2.45, 2.75) is 64.3 Å². The number of aliphatic carboxylic acids is 1. The zero-order valence-corrected chi connectivity index (χ0v) is 19.7. The number of carboxylic acids is 1. The van der Waals surface area contributed by atoms with Crippen LogP contribution < -0.4 is 10.8 Å². The highest BCUT2D eigenvalue weighted by atomic mass is 31.2. The van der Waals surface area contributed by atoms with E-state index in [1.807, 2.05) is 0 Å². The van der Waals surface area contributed by atoms with Crippen molar-refractivity contribution in [3.8, 4) is 0 Å². The molecule has 2 atom stereocenters. The summed E-state index contributed by atoms with van der Waals surface area (Å²) in [4.78, 5) is 35.9. The van der Waals surface area contributed by atoms with Crippen molar-refractivity contribution in [1.29, 1.82) is 0 Å². The first-order chi connectivity index (χ1) is 15.5. The molecule has 0 aliphatic heterocycles. The molecule has 0 saturated heterocycles. The first-order valence-corrected chi connectivity index (χ1v) is 12.3. The minimum Gasteiger partial charge on any atom is -0.480 e. The summed E-state index contributed by atoms with van der Waals surface area (Å²) in [6, 6.07) is 0. The summed E-state index contributed by atoms with van der Waals surface area (Å²) in [5.41, 5.74) is 5.40. The molecular formula is C19H29N6O7P. The number of carboxylic acid groups (broad SMARTS) is 1. The van der Waals surface area contributed by atoms with Gasteiger partial charge >= 0.3 is 11.9 Å². The molecule has 182 valence electrons. The summed E-state index contributed by atoms with van der Waals surface area (Å²) in [5.74, 6) is -1.58. The molecule has 0 amide bonds. The highest BCUT2D eigenvalue weighted by molar-refractivity contribution is 7.56. The molecule has 2 heterocycles. The van der Waals surface area contributed by atoms with Crippen molar-refractivity contribution in [3.05, 3.63) is 12.7 Å². The van der Waals surface area contributed by atoms with E-state index >= 15 is 0 Å². The molecule has 33 heavy (non-hydrogen) atoms. The van der Waals surface area contributed by atoms with E-state index in [0.29, 0.717) is 37.0 Å². The Morgan fingerprint density at radius 3 is 2.64 bits per heavy atom. The van der Waals surface area contributed by atoms with Gasteiger partial charge in [0.2, 0.25) is 0 Å². The van der Waals surface area contributed by atoms with Gasteiger partial charge in [0.15, 0.2) is 18.1 Å². The third kappa shape index (κ3) is 6.05. The van der Waals surface area contributed by atoms with Crippen molar-refractivity contribution in [2.75, 3.05) is 18.7 Å². The topological polar surface area (TPSA) is 181 Å². The number of carbonyl (C=O) groups is 2. The molecule has 1 aliphatic carbocycles. The molecule has 2 aromatic rings. The van der Waals surface area contributed by atoms with E-state index in [0.717, 1.165) is 0 Å². The van der Waals surface area contributed by atoms with E-state index in [4.69, 9.17) is 19.7 Å². The first kappa shape index (κ1) is 25.0. The number of nitrogens with one attached hydrogen (secondary N) is 1. The van der Waals surface area contributed by atoms with Gasteiger partial charge in [0, 0.05) is 0 Å². The molecular weight excluding hydrogens is 455 g/mol. The highest BCUT2D eigenvalue weighted by Crippen LogP contribution is 2.49. The lowest BCUT2D eigenvalue weighted by Gasteiger charge is -2.40. The normalized spacial score (nSPS) is 17.9. The number of nitrogen functional groups attached to an aromatic ring is 1. The summed E-state index contributed by atoms with van der Waals surface area (Å²) < 4.78 is 31.3.